The number of carbonyl (C=O) groups excluding carboxylic acids is 1. The molecule has 0 fully saturated rings. The predicted octanol–water partition coefficient (Wildman–Crippen LogP) is 1.39. The van der Waals surface area contributed by atoms with Crippen LogP contribution < -0.4 is 0 Å². The molecule has 0 spiro atoms. The Kier molecular flexibility index (Phi) is 4.41. The van der Waals surface area contributed by atoms with E-state index in [1.165, 1.54) is 6.21 Å². The Morgan fingerprint density at radius 2 is 2.35 bits per heavy atom. The van der Waals surface area contributed by atoms with Crippen LogP contribution in [-0.2, 0) is 4.79 Å². The van der Waals surface area contributed by atoms with E-state index in [0.29, 0.717) is 30.8 Å². The lowest BCUT2D eigenvalue weighted by Crippen LogP contribution is -2.29. The Labute approximate surface area is 101 Å². The molecule has 1 heterocycles. The number of carbonyl (C=O) groups is 1. The summed E-state index contributed by atoms with van der Waals surface area (Å²) in [6.07, 6.45) is 9.98. The molecule has 2 N–H and O–H groups in total. The molecule has 0 aromatic carbocycles. The minimum atomic E-state index is -0.0887. The Hall–Kier alpha value is -2.15. The van der Waals surface area contributed by atoms with E-state index in [1.807, 2.05) is 0 Å². The number of hydrogen-bond acceptors (Lipinski definition) is 3. The summed E-state index contributed by atoms with van der Waals surface area (Å²) in [6, 6.07) is 0. The van der Waals surface area contributed by atoms with E-state index in [2.05, 4.69) is 5.92 Å². The maximum atomic E-state index is 11.8. The van der Waals surface area contributed by atoms with Crippen molar-refractivity contribution in [1.29, 1.82) is 10.8 Å². The second-order valence-electron chi connectivity index (χ2n) is 3.75. The molecule has 1 amide bonds. The Morgan fingerprint density at radius 3 is 2.94 bits per heavy atom. The fourth-order valence-corrected chi connectivity index (χ4v) is 1.69. The van der Waals surface area contributed by atoms with Crippen LogP contribution in [-0.4, -0.2) is 35.8 Å². The summed E-state index contributed by atoms with van der Waals surface area (Å²) in [6.45, 7) is 2.44. The number of hydrogen-bond donors (Lipinski definition) is 2. The van der Waals surface area contributed by atoms with Crippen molar-refractivity contribution in [2.45, 2.75) is 13.3 Å². The molecule has 4 heteroatoms. The lowest BCUT2D eigenvalue weighted by molar-refractivity contribution is -0.124. The smallest absolute Gasteiger partial charge is 0.250 e. The summed E-state index contributed by atoms with van der Waals surface area (Å²) >= 11 is 0. The van der Waals surface area contributed by atoms with E-state index in [-0.39, 0.29) is 5.91 Å². The SMILES string of the molecule is C#C/C=C\CC(=N)C1=C(C)C(=O)N(CC=N)C1. The van der Waals surface area contributed by atoms with Crippen LogP contribution in [0.2, 0.25) is 0 Å². The molecule has 0 aromatic rings. The summed E-state index contributed by atoms with van der Waals surface area (Å²) in [5.41, 5.74) is 1.76. The van der Waals surface area contributed by atoms with E-state index < -0.39 is 0 Å². The molecule has 4 nitrogen and oxygen atoms in total. The van der Waals surface area contributed by atoms with E-state index in [0.717, 1.165) is 5.57 Å². The number of amides is 1. The molecule has 1 aliphatic heterocycles. The monoisotopic (exact) mass is 229 g/mol. The third-order valence-electron chi connectivity index (χ3n) is 2.62. The Morgan fingerprint density at radius 1 is 1.65 bits per heavy atom. The number of allylic oxidation sites excluding steroid dienone is 2. The molecule has 0 radical (unpaired) electrons. The minimum absolute atomic E-state index is 0.0887. The average molecular weight is 229 g/mol. The van der Waals surface area contributed by atoms with Crippen molar-refractivity contribution in [2.24, 2.45) is 0 Å². The van der Waals surface area contributed by atoms with E-state index >= 15 is 0 Å². The van der Waals surface area contributed by atoms with Gasteiger partial charge in [0, 0.05) is 36.0 Å². The van der Waals surface area contributed by atoms with Gasteiger partial charge >= 0.3 is 0 Å². The van der Waals surface area contributed by atoms with Crippen molar-refractivity contribution in [3.05, 3.63) is 23.3 Å². The number of terminal acetylenes is 1. The molecule has 1 rings (SSSR count). The maximum absolute atomic E-state index is 11.8. The van der Waals surface area contributed by atoms with Crippen molar-refractivity contribution >= 4 is 17.8 Å². The maximum Gasteiger partial charge on any atom is 0.250 e. The van der Waals surface area contributed by atoms with E-state index in [4.69, 9.17) is 17.2 Å². The first kappa shape index (κ1) is 12.9. The molecule has 0 bridgehead atoms. The van der Waals surface area contributed by atoms with Crippen LogP contribution in [0.5, 0.6) is 0 Å². The van der Waals surface area contributed by atoms with Crippen molar-refractivity contribution in [1.82, 2.24) is 4.90 Å². The van der Waals surface area contributed by atoms with Crippen LogP contribution in [0.4, 0.5) is 0 Å². The van der Waals surface area contributed by atoms with Gasteiger partial charge < -0.3 is 15.7 Å². The standard InChI is InChI=1S/C13H15N3O/c1-3-4-5-6-12(15)11-9-16(8-7-14)13(17)10(11)2/h1,4-5,7,14-15H,6,8-9H2,2H3/b5-4-,14-7?,15-12?. The van der Waals surface area contributed by atoms with Crippen molar-refractivity contribution in [3.8, 4) is 12.3 Å². The highest BCUT2D eigenvalue weighted by molar-refractivity contribution is 6.10. The lowest BCUT2D eigenvalue weighted by Gasteiger charge is -2.13. The van der Waals surface area contributed by atoms with Gasteiger partial charge in [0.25, 0.3) is 5.91 Å². The number of nitrogens with one attached hydrogen (secondary N) is 2. The van der Waals surface area contributed by atoms with Gasteiger partial charge in [-0.1, -0.05) is 12.0 Å². The molecule has 0 aromatic heterocycles. The highest BCUT2D eigenvalue weighted by Gasteiger charge is 2.27. The van der Waals surface area contributed by atoms with Gasteiger partial charge in [-0.25, -0.2) is 0 Å². The first-order valence-electron chi connectivity index (χ1n) is 5.28. The third kappa shape index (κ3) is 2.91. The quantitative estimate of drug-likeness (QED) is 0.543. The fourth-order valence-electron chi connectivity index (χ4n) is 1.69. The van der Waals surface area contributed by atoms with E-state index in [1.54, 1.807) is 24.0 Å². The molecular formula is C13H15N3O. The van der Waals surface area contributed by atoms with Gasteiger partial charge in [0.2, 0.25) is 0 Å². The predicted molar refractivity (Wildman–Crippen MR) is 68.4 cm³/mol. The topological polar surface area (TPSA) is 68.0 Å². The van der Waals surface area contributed by atoms with Crippen LogP contribution in [0.3, 0.4) is 0 Å². The summed E-state index contributed by atoms with van der Waals surface area (Å²) in [5, 5.41) is 14.9. The van der Waals surface area contributed by atoms with Gasteiger partial charge in [-0.2, -0.15) is 0 Å². The van der Waals surface area contributed by atoms with Gasteiger partial charge in [-0.15, -0.1) is 6.42 Å². The highest BCUT2D eigenvalue weighted by atomic mass is 16.2. The van der Waals surface area contributed by atoms with Crippen LogP contribution in [0.25, 0.3) is 0 Å². The molecule has 0 atom stereocenters. The minimum Gasteiger partial charge on any atom is -0.329 e. The summed E-state index contributed by atoms with van der Waals surface area (Å²) in [5.74, 6) is 2.27. The van der Waals surface area contributed by atoms with Gasteiger partial charge in [0.05, 0.1) is 6.54 Å². The van der Waals surface area contributed by atoms with E-state index in [9.17, 15) is 4.79 Å². The van der Waals surface area contributed by atoms with Gasteiger partial charge in [0.1, 0.15) is 0 Å². The van der Waals surface area contributed by atoms with Gasteiger partial charge in [0.15, 0.2) is 0 Å². The summed E-state index contributed by atoms with van der Waals surface area (Å²) < 4.78 is 0. The molecular weight excluding hydrogens is 214 g/mol. The zero-order valence-corrected chi connectivity index (χ0v) is 9.79. The molecule has 0 saturated heterocycles. The number of rotatable bonds is 5. The first-order valence-corrected chi connectivity index (χ1v) is 5.28. The van der Waals surface area contributed by atoms with Crippen LogP contribution in [0.1, 0.15) is 13.3 Å². The molecule has 0 aliphatic carbocycles. The Balaban J connectivity index is 2.75. The molecule has 0 saturated carbocycles. The molecule has 88 valence electrons. The zero-order valence-electron chi connectivity index (χ0n) is 9.79. The van der Waals surface area contributed by atoms with Crippen molar-refractivity contribution in [2.75, 3.05) is 13.1 Å². The van der Waals surface area contributed by atoms with Crippen LogP contribution >= 0.6 is 0 Å². The molecule has 1 aliphatic rings. The van der Waals surface area contributed by atoms with Crippen molar-refractivity contribution < 1.29 is 4.79 Å². The van der Waals surface area contributed by atoms with Crippen LogP contribution in [0.15, 0.2) is 23.3 Å². The lowest BCUT2D eigenvalue weighted by atomic mass is 10.0. The van der Waals surface area contributed by atoms with Crippen LogP contribution in [0, 0.1) is 23.2 Å². The zero-order chi connectivity index (χ0) is 12.8. The normalized spacial score (nSPS) is 15.5. The molecule has 0 unspecified atom stereocenters. The van der Waals surface area contributed by atoms with Gasteiger partial charge in [-0.3, -0.25) is 4.79 Å². The summed E-state index contributed by atoms with van der Waals surface area (Å²) in [4.78, 5) is 13.3. The Bertz CT molecular complexity index is 452. The number of nitrogens with zero attached hydrogens (tertiary/aromatic N) is 1. The molecule has 17 heavy (non-hydrogen) atoms. The third-order valence-corrected chi connectivity index (χ3v) is 2.62. The second kappa shape index (κ2) is 5.80. The highest BCUT2D eigenvalue weighted by Crippen LogP contribution is 2.20. The van der Waals surface area contributed by atoms with Gasteiger partial charge in [-0.05, 0) is 13.0 Å². The second-order valence-corrected chi connectivity index (χ2v) is 3.75. The largest absolute Gasteiger partial charge is 0.329 e. The summed E-state index contributed by atoms with van der Waals surface area (Å²) in [7, 11) is 0. The average Bonchev–Trinajstić information content (AvgIpc) is 2.58. The first-order chi connectivity index (χ1) is 8.11. The fraction of sp³-hybridized carbons (Fsp3) is 0.308. The van der Waals surface area contributed by atoms with Crippen molar-refractivity contribution in [3.63, 3.8) is 0 Å².